The molecule has 3 N–H and O–H groups in total. The minimum absolute atomic E-state index is 0.0504. The molecule has 3 heterocycles. The Morgan fingerprint density at radius 2 is 1.64 bits per heavy atom. The van der Waals surface area contributed by atoms with E-state index in [1.54, 1.807) is 6.07 Å². The second-order valence-electron chi connectivity index (χ2n) is 11.3. The number of fused-ring (bicyclic) bond motifs is 2. The van der Waals surface area contributed by atoms with Crippen molar-refractivity contribution in [1.82, 2.24) is 5.32 Å². The molecule has 1 unspecified atom stereocenters. The lowest BCUT2D eigenvalue weighted by Crippen LogP contribution is -2.45. The van der Waals surface area contributed by atoms with Crippen LogP contribution in [0.4, 0.5) is 16.2 Å². The second kappa shape index (κ2) is 13.7. The van der Waals surface area contributed by atoms with Gasteiger partial charge in [0.2, 0.25) is 5.60 Å². The van der Waals surface area contributed by atoms with E-state index in [2.05, 4.69) is 29.4 Å². The monoisotopic (exact) mass is 585 g/mol. The average Bonchev–Trinajstić information content (AvgIpc) is 3.69. The Balaban J connectivity index is 1.03. The summed E-state index contributed by atoms with van der Waals surface area (Å²) in [6.45, 7) is 7.53. The first-order chi connectivity index (χ1) is 20.1. The summed E-state index contributed by atoms with van der Waals surface area (Å²) in [5.74, 6) is -0.778. The van der Waals surface area contributed by atoms with Crippen LogP contribution in [0.1, 0.15) is 85.0 Å². The number of hydrogen-bond acceptors (Lipinski definition) is 9. The van der Waals surface area contributed by atoms with Crippen molar-refractivity contribution in [3.8, 4) is 0 Å². The number of Topliss-reactive ketones (excluding diaryl/α,β-unsaturated/α-hetero) is 1. The van der Waals surface area contributed by atoms with Crippen molar-refractivity contribution in [3.63, 3.8) is 0 Å². The molecule has 42 heavy (non-hydrogen) atoms. The predicted octanol–water partition coefficient (Wildman–Crippen LogP) is 4.63. The number of morpholine rings is 1. The van der Waals surface area contributed by atoms with Gasteiger partial charge in [-0.2, -0.15) is 0 Å². The molecule has 0 spiro atoms. The summed E-state index contributed by atoms with van der Waals surface area (Å²) in [5, 5.41) is 15.7. The van der Waals surface area contributed by atoms with Crippen LogP contribution < -0.4 is 21.2 Å². The lowest BCUT2D eigenvalue weighted by atomic mass is 9.94. The highest BCUT2D eigenvalue weighted by Crippen LogP contribution is 2.49. The lowest BCUT2D eigenvalue weighted by molar-refractivity contribution is -0.138. The maximum atomic E-state index is 12.5. The molecule has 11 heteroatoms. The van der Waals surface area contributed by atoms with Gasteiger partial charge in [0.1, 0.15) is 11.3 Å². The molecular formula is C31H43N3O8. The highest BCUT2D eigenvalue weighted by atomic mass is 16.6. The van der Waals surface area contributed by atoms with Crippen LogP contribution in [-0.4, -0.2) is 60.0 Å². The molecule has 2 aromatic rings. The van der Waals surface area contributed by atoms with Gasteiger partial charge in [0.25, 0.3) is 5.91 Å². The molecule has 0 radical (unpaired) electrons. The van der Waals surface area contributed by atoms with Crippen LogP contribution in [0.15, 0.2) is 33.5 Å². The van der Waals surface area contributed by atoms with E-state index < -0.39 is 35.1 Å². The van der Waals surface area contributed by atoms with Crippen molar-refractivity contribution >= 4 is 40.1 Å². The zero-order valence-corrected chi connectivity index (χ0v) is 24.8. The number of amides is 2. The largest absolute Gasteiger partial charge is 0.449 e. The summed E-state index contributed by atoms with van der Waals surface area (Å²) in [5.41, 5.74) is -2.07. The summed E-state index contributed by atoms with van der Waals surface area (Å²) in [6.07, 6.45) is 7.37. The summed E-state index contributed by atoms with van der Waals surface area (Å²) in [4.78, 5) is 51.2. The first-order valence-electron chi connectivity index (χ1n) is 15.1. The van der Waals surface area contributed by atoms with Crippen LogP contribution in [0.2, 0.25) is 0 Å². The SMILES string of the molecule is CCN(CC)c1ccc2cc(NC(=O)OCCCCCCCCCCCC(=O)[C@@]34O[C@H]3C(C)(O)NC4=O)c(=O)oc2c1. The van der Waals surface area contributed by atoms with E-state index in [1.807, 2.05) is 18.2 Å². The second-order valence-corrected chi connectivity index (χ2v) is 11.3. The van der Waals surface area contributed by atoms with E-state index in [4.69, 9.17) is 13.9 Å². The fourth-order valence-electron chi connectivity index (χ4n) is 5.66. The number of hydrogen-bond donors (Lipinski definition) is 3. The number of carbonyl (C=O) groups excluding carboxylic acids is 3. The van der Waals surface area contributed by atoms with Crippen molar-refractivity contribution < 1.29 is 33.4 Å². The number of benzene rings is 1. The molecule has 1 aromatic heterocycles. The van der Waals surface area contributed by atoms with Gasteiger partial charge in [0, 0.05) is 36.7 Å². The molecular weight excluding hydrogens is 542 g/mol. The van der Waals surface area contributed by atoms with Crippen molar-refractivity contribution in [2.75, 3.05) is 29.9 Å². The highest BCUT2D eigenvalue weighted by molar-refractivity contribution is 6.15. The third-order valence-electron chi connectivity index (χ3n) is 8.11. The number of aliphatic hydroxyl groups is 1. The van der Waals surface area contributed by atoms with E-state index in [9.17, 15) is 24.3 Å². The first-order valence-corrected chi connectivity index (χ1v) is 15.1. The quantitative estimate of drug-likeness (QED) is 0.104. The molecule has 3 atom stereocenters. The molecule has 11 nitrogen and oxygen atoms in total. The van der Waals surface area contributed by atoms with Gasteiger partial charge in [-0.15, -0.1) is 0 Å². The zero-order valence-electron chi connectivity index (χ0n) is 24.8. The molecule has 2 fully saturated rings. The molecule has 4 rings (SSSR count). The minimum atomic E-state index is -1.47. The molecule has 0 saturated carbocycles. The number of ketones is 1. The number of rotatable bonds is 17. The summed E-state index contributed by atoms with van der Waals surface area (Å²) < 4.78 is 16.0. The molecule has 2 aliphatic rings. The van der Waals surface area contributed by atoms with Crippen LogP contribution in [0.5, 0.6) is 0 Å². The van der Waals surface area contributed by atoms with Crippen LogP contribution in [0.3, 0.4) is 0 Å². The smallest absolute Gasteiger partial charge is 0.411 e. The van der Waals surface area contributed by atoms with E-state index >= 15 is 0 Å². The number of ether oxygens (including phenoxy) is 2. The molecule has 2 saturated heterocycles. The Hall–Kier alpha value is -3.44. The number of unbranched alkanes of at least 4 members (excludes halogenated alkanes) is 8. The Kier molecular flexibility index (Phi) is 10.3. The van der Waals surface area contributed by atoms with Gasteiger partial charge in [-0.05, 0) is 51.8 Å². The van der Waals surface area contributed by atoms with Crippen molar-refractivity contribution in [2.45, 2.75) is 102 Å². The summed E-state index contributed by atoms with van der Waals surface area (Å²) in [7, 11) is 0. The van der Waals surface area contributed by atoms with E-state index in [0.29, 0.717) is 17.4 Å². The molecule has 2 aliphatic heterocycles. The van der Waals surface area contributed by atoms with Gasteiger partial charge in [-0.1, -0.05) is 44.9 Å². The van der Waals surface area contributed by atoms with Crippen molar-refractivity contribution in [1.29, 1.82) is 0 Å². The Bertz CT molecular complexity index is 1340. The fraction of sp³-hybridized carbons (Fsp3) is 0.613. The van der Waals surface area contributed by atoms with E-state index in [1.165, 1.54) is 6.92 Å². The molecule has 0 aliphatic carbocycles. The van der Waals surface area contributed by atoms with E-state index in [0.717, 1.165) is 70.1 Å². The Labute approximate surface area is 245 Å². The van der Waals surface area contributed by atoms with Gasteiger partial charge >= 0.3 is 11.7 Å². The van der Waals surface area contributed by atoms with E-state index in [-0.39, 0.29) is 24.5 Å². The van der Waals surface area contributed by atoms with Crippen molar-refractivity contribution in [2.24, 2.45) is 0 Å². The predicted molar refractivity (Wildman–Crippen MR) is 159 cm³/mol. The van der Waals surface area contributed by atoms with Crippen LogP contribution >= 0.6 is 0 Å². The van der Waals surface area contributed by atoms with Gasteiger partial charge in [-0.25, -0.2) is 9.59 Å². The molecule has 2 amide bonds. The van der Waals surface area contributed by atoms with Crippen LogP contribution in [0.25, 0.3) is 11.0 Å². The van der Waals surface area contributed by atoms with Crippen LogP contribution in [0, 0.1) is 0 Å². The maximum absolute atomic E-state index is 12.5. The van der Waals surface area contributed by atoms with Crippen molar-refractivity contribution in [3.05, 3.63) is 34.7 Å². The normalized spacial score (nSPS) is 22.5. The fourth-order valence-corrected chi connectivity index (χ4v) is 5.66. The minimum Gasteiger partial charge on any atom is -0.449 e. The zero-order chi connectivity index (χ0) is 30.3. The van der Waals surface area contributed by atoms with Gasteiger partial charge < -0.3 is 29.2 Å². The Morgan fingerprint density at radius 1 is 1.00 bits per heavy atom. The molecule has 0 bridgehead atoms. The van der Waals surface area contributed by atoms with Gasteiger partial charge in [0.15, 0.2) is 17.6 Å². The number of anilines is 2. The highest BCUT2D eigenvalue weighted by Gasteiger charge is 2.78. The standard InChI is InChI=1S/C31H43N3O8/c1-4-34(5-2)22-17-16-21-19-23(26(36)41-24(21)20-22)32-29(38)40-18-14-12-10-8-6-7-9-11-13-15-25(35)31-27(42-31)30(3,39)33-28(31)37/h16-17,19-20,27,39H,4-15,18H2,1-3H3,(H,32,38)(H,33,37)/t27-,30?,31+/m0/s1. The maximum Gasteiger partial charge on any atom is 0.411 e. The molecule has 1 aromatic carbocycles. The summed E-state index contributed by atoms with van der Waals surface area (Å²) in [6, 6.07) is 7.26. The van der Waals surface area contributed by atoms with Gasteiger partial charge in [0.05, 0.1) is 6.61 Å². The Morgan fingerprint density at radius 3 is 2.24 bits per heavy atom. The number of carbonyl (C=O) groups is 3. The van der Waals surface area contributed by atoms with Gasteiger partial charge in [-0.3, -0.25) is 14.9 Å². The number of epoxide rings is 1. The topological polar surface area (TPSA) is 151 Å². The number of nitrogens with one attached hydrogen (secondary N) is 2. The van der Waals surface area contributed by atoms with Crippen LogP contribution in [-0.2, 0) is 19.1 Å². The lowest BCUT2D eigenvalue weighted by Gasteiger charge is -2.21. The average molecular weight is 586 g/mol. The number of nitrogens with zero attached hydrogens (tertiary/aromatic N) is 1. The molecule has 230 valence electrons. The third kappa shape index (κ3) is 7.12. The summed E-state index contributed by atoms with van der Waals surface area (Å²) >= 11 is 0. The first kappa shape index (κ1) is 31.5. The third-order valence-corrected chi connectivity index (χ3v) is 8.11.